The van der Waals surface area contributed by atoms with E-state index in [1.54, 1.807) is 6.92 Å². The number of carbonyl (C=O) groups is 1. The van der Waals surface area contributed by atoms with Crippen molar-refractivity contribution in [2.75, 3.05) is 12.8 Å². The maximum Gasteiger partial charge on any atom is 0.237 e. The summed E-state index contributed by atoms with van der Waals surface area (Å²) in [6, 6.07) is 0. The maximum absolute atomic E-state index is 11.1. The fourth-order valence-corrected chi connectivity index (χ4v) is 1.77. The van der Waals surface area contributed by atoms with E-state index in [0.29, 0.717) is 6.42 Å². The standard InChI is InChI=1S/C6H13NO3S/c1-4-5-11(9,10)7(3)6(2)8/h4-5H2,1-3H3. The van der Waals surface area contributed by atoms with Crippen LogP contribution >= 0.6 is 0 Å². The molecule has 0 bridgehead atoms. The molecule has 0 spiro atoms. The number of hydrogen-bond acceptors (Lipinski definition) is 3. The Kier molecular flexibility index (Phi) is 3.51. The number of amides is 1. The van der Waals surface area contributed by atoms with Gasteiger partial charge in [0.05, 0.1) is 5.75 Å². The third-order valence-electron chi connectivity index (χ3n) is 1.32. The molecule has 0 rings (SSSR count). The Morgan fingerprint density at radius 2 is 1.91 bits per heavy atom. The lowest BCUT2D eigenvalue weighted by molar-refractivity contribution is -0.123. The van der Waals surface area contributed by atoms with Crippen LogP contribution < -0.4 is 0 Å². The summed E-state index contributed by atoms with van der Waals surface area (Å²) in [6.07, 6.45) is 0.528. The predicted molar refractivity (Wildman–Crippen MR) is 42.5 cm³/mol. The lowest BCUT2D eigenvalue weighted by Gasteiger charge is -2.13. The smallest absolute Gasteiger partial charge is 0.237 e. The van der Waals surface area contributed by atoms with Gasteiger partial charge in [-0.15, -0.1) is 0 Å². The minimum absolute atomic E-state index is 0.0308. The molecule has 4 nitrogen and oxygen atoms in total. The monoisotopic (exact) mass is 179 g/mol. The van der Waals surface area contributed by atoms with Crippen LogP contribution in [0.15, 0.2) is 0 Å². The fourth-order valence-electron chi connectivity index (χ4n) is 0.591. The molecule has 11 heavy (non-hydrogen) atoms. The molecule has 0 saturated heterocycles. The molecule has 0 fully saturated rings. The molecule has 0 aliphatic carbocycles. The first-order chi connectivity index (χ1) is 4.91. The SMILES string of the molecule is CCCS(=O)(=O)N(C)C(C)=O. The highest BCUT2D eigenvalue weighted by Gasteiger charge is 2.18. The van der Waals surface area contributed by atoms with Crippen LogP contribution in [0.4, 0.5) is 0 Å². The average Bonchev–Trinajstić information content (AvgIpc) is 1.86. The summed E-state index contributed by atoms with van der Waals surface area (Å²) in [5.74, 6) is -0.415. The summed E-state index contributed by atoms with van der Waals surface area (Å²) in [7, 11) is -2.05. The zero-order valence-corrected chi connectivity index (χ0v) is 7.81. The van der Waals surface area contributed by atoms with Crippen molar-refractivity contribution in [1.29, 1.82) is 0 Å². The fraction of sp³-hybridized carbons (Fsp3) is 0.833. The van der Waals surface area contributed by atoms with Crippen molar-refractivity contribution >= 4 is 15.9 Å². The van der Waals surface area contributed by atoms with Crippen LogP contribution in [0.2, 0.25) is 0 Å². The normalized spacial score (nSPS) is 11.2. The minimum atomic E-state index is -3.33. The van der Waals surface area contributed by atoms with Crippen LogP contribution in [-0.4, -0.2) is 31.4 Å². The van der Waals surface area contributed by atoms with E-state index in [1.807, 2.05) is 0 Å². The number of rotatable bonds is 3. The number of carbonyl (C=O) groups excluding carboxylic acids is 1. The Balaban J connectivity index is 4.44. The van der Waals surface area contributed by atoms with Crippen LogP contribution in [0.1, 0.15) is 20.3 Å². The predicted octanol–water partition coefficient (Wildman–Crippen LogP) is 0.205. The molecular formula is C6H13NO3S. The van der Waals surface area contributed by atoms with Crippen LogP contribution in [0, 0.1) is 0 Å². The van der Waals surface area contributed by atoms with Gasteiger partial charge in [-0.1, -0.05) is 6.92 Å². The van der Waals surface area contributed by atoms with Gasteiger partial charge in [0.2, 0.25) is 15.9 Å². The van der Waals surface area contributed by atoms with E-state index >= 15 is 0 Å². The Morgan fingerprint density at radius 3 is 2.18 bits per heavy atom. The molecular weight excluding hydrogens is 166 g/mol. The molecule has 0 aromatic rings. The van der Waals surface area contributed by atoms with E-state index < -0.39 is 15.9 Å². The van der Waals surface area contributed by atoms with Gasteiger partial charge in [0, 0.05) is 14.0 Å². The van der Waals surface area contributed by atoms with E-state index in [2.05, 4.69) is 0 Å². The Labute approximate surface area is 67.2 Å². The number of nitrogens with zero attached hydrogens (tertiary/aromatic N) is 1. The van der Waals surface area contributed by atoms with E-state index in [9.17, 15) is 13.2 Å². The van der Waals surface area contributed by atoms with Gasteiger partial charge in [-0.2, -0.15) is 0 Å². The van der Waals surface area contributed by atoms with Gasteiger partial charge in [-0.25, -0.2) is 12.7 Å². The van der Waals surface area contributed by atoms with Crippen molar-refractivity contribution in [2.24, 2.45) is 0 Å². The van der Waals surface area contributed by atoms with Gasteiger partial charge in [0.25, 0.3) is 0 Å². The zero-order valence-electron chi connectivity index (χ0n) is 6.99. The van der Waals surface area contributed by atoms with Gasteiger partial charge in [0.1, 0.15) is 0 Å². The average molecular weight is 179 g/mol. The van der Waals surface area contributed by atoms with Gasteiger partial charge in [0.15, 0.2) is 0 Å². The molecule has 0 N–H and O–H groups in total. The first-order valence-corrected chi connectivity index (χ1v) is 5.00. The van der Waals surface area contributed by atoms with Gasteiger partial charge in [-0.3, -0.25) is 4.79 Å². The molecule has 0 saturated carbocycles. The lowest BCUT2D eigenvalue weighted by Crippen LogP contribution is -2.32. The molecule has 0 aromatic carbocycles. The Bertz CT molecular complexity index is 232. The largest absolute Gasteiger partial charge is 0.274 e. The highest BCUT2D eigenvalue weighted by molar-refractivity contribution is 7.89. The van der Waals surface area contributed by atoms with Crippen LogP contribution in [0.25, 0.3) is 0 Å². The zero-order chi connectivity index (χ0) is 9.07. The molecule has 66 valence electrons. The van der Waals surface area contributed by atoms with E-state index in [-0.39, 0.29) is 5.75 Å². The third-order valence-corrected chi connectivity index (χ3v) is 3.34. The van der Waals surface area contributed by atoms with Crippen molar-refractivity contribution in [3.8, 4) is 0 Å². The topological polar surface area (TPSA) is 54.5 Å². The van der Waals surface area contributed by atoms with Gasteiger partial charge in [-0.05, 0) is 6.42 Å². The van der Waals surface area contributed by atoms with Crippen molar-refractivity contribution in [1.82, 2.24) is 4.31 Å². The Hall–Kier alpha value is -0.580. The second-order valence-electron chi connectivity index (χ2n) is 2.30. The molecule has 0 aromatic heterocycles. The number of hydrogen-bond donors (Lipinski definition) is 0. The molecule has 0 aliphatic rings. The summed E-state index contributed by atoms with van der Waals surface area (Å²) >= 11 is 0. The molecule has 1 amide bonds. The molecule has 0 atom stereocenters. The highest BCUT2D eigenvalue weighted by Crippen LogP contribution is 1.99. The van der Waals surface area contributed by atoms with Crippen molar-refractivity contribution in [2.45, 2.75) is 20.3 Å². The molecule has 0 unspecified atom stereocenters. The summed E-state index contributed by atoms with van der Waals surface area (Å²) in [4.78, 5) is 10.6. The molecule has 0 heterocycles. The third kappa shape index (κ3) is 2.88. The van der Waals surface area contributed by atoms with Crippen molar-refractivity contribution < 1.29 is 13.2 Å². The number of sulfonamides is 1. The van der Waals surface area contributed by atoms with Crippen molar-refractivity contribution in [3.05, 3.63) is 0 Å². The quantitative estimate of drug-likeness (QED) is 0.622. The van der Waals surface area contributed by atoms with Crippen LogP contribution in [0.3, 0.4) is 0 Å². The van der Waals surface area contributed by atoms with Gasteiger partial charge >= 0.3 is 0 Å². The maximum atomic E-state index is 11.1. The minimum Gasteiger partial charge on any atom is -0.274 e. The molecule has 0 aliphatic heterocycles. The second kappa shape index (κ2) is 3.71. The van der Waals surface area contributed by atoms with Crippen molar-refractivity contribution in [3.63, 3.8) is 0 Å². The second-order valence-corrected chi connectivity index (χ2v) is 4.42. The summed E-state index contributed by atoms with van der Waals surface area (Å²) < 4.78 is 22.9. The van der Waals surface area contributed by atoms with Crippen LogP contribution in [0.5, 0.6) is 0 Å². The highest BCUT2D eigenvalue weighted by atomic mass is 32.2. The summed E-state index contributed by atoms with van der Waals surface area (Å²) in [5, 5.41) is 0. The lowest BCUT2D eigenvalue weighted by atomic mass is 10.6. The Morgan fingerprint density at radius 1 is 1.45 bits per heavy atom. The first kappa shape index (κ1) is 10.4. The van der Waals surface area contributed by atoms with E-state index in [0.717, 1.165) is 4.31 Å². The molecule has 0 radical (unpaired) electrons. The van der Waals surface area contributed by atoms with E-state index in [1.165, 1.54) is 14.0 Å². The summed E-state index contributed by atoms with van der Waals surface area (Å²) in [6.45, 7) is 2.98. The van der Waals surface area contributed by atoms with Gasteiger partial charge < -0.3 is 0 Å². The first-order valence-electron chi connectivity index (χ1n) is 3.39. The van der Waals surface area contributed by atoms with E-state index in [4.69, 9.17) is 0 Å². The van der Waals surface area contributed by atoms with Crippen LogP contribution in [-0.2, 0) is 14.8 Å². The molecule has 5 heteroatoms. The summed E-state index contributed by atoms with van der Waals surface area (Å²) in [5.41, 5.74) is 0.